The van der Waals surface area contributed by atoms with Crippen LogP contribution in [0.15, 0.2) is 21.3 Å². The highest BCUT2D eigenvalue weighted by atomic mass is 127. The summed E-state index contributed by atoms with van der Waals surface area (Å²) in [7, 11) is 0. The summed E-state index contributed by atoms with van der Waals surface area (Å²) in [6.07, 6.45) is 2.45. The number of nitrogens with zero attached hydrogens (tertiary/aromatic N) is 2. The van der Waals surface area contributed by atoms with Crippen molar-refractivity contribution in [3.63, 3.8) is 0 Å². The van der Waals surface area contributed by atoms with Gasteiger partial charge in [-0.2, -0.15) is 4.98 Å². The van der Waals surface area contributed by atoms with E-state index < -0.39 is 0 Å². The van der Waals surface area contributed by atoms with Crippen LogP contribution in [0.3, 0.4) is 0 Å². The Bertz CT molecular complexity index is 408. The third-order valence-electron chi connectivity index (χ3n) is 1.70. The van der Waals surface area contributed by atoms with E-state index in [9.17, 15) is 0 Å². The van der Waals surface area contributed by atoms with Crippen LogP contribution in [0.5, 0.6) is 0 Å². The van der Waals surface area contributed by atoms with Crippen LogP contribution in [0.4, 0.5) is 0 Å². The third-order valence-corrected chi connectivity index (χ3v) is 2.14. The Balaban J connectivity index is 2.45. The fraction of sp³-hybridized carbons (Fsp3) is 0.250. The van der Waals surface area contributed by atoms with Gasteiger partial charge in [0.05, 0.1) is 11.8 Å². The molecule has 4 nitrogen and oxygen atoms in total. The van der Waals surface area contributed by atoms with Gasteiger partial charge in [-0.15, -0.1) is 0 Å². The average molecular weight is 290 g/mol. The lowest BCUT2D eigenvalue weighted by atomic mass is 10.2. The summed E-state index contributed by atoms with van der Waals surface area (Å²) in [6.45, 7) is 2.02. The van der Waals surface area contributed by atoms with Gasteiger partial charge in [0.2, 0.25) is 3.83 Å². The summed E-state index contributed by atoms with van der Waals surface area (Å²) in [5.74, 6) is 1.40. The van der Waals surface area contributed by atoms with Crippen LogP contribution in [-0.4, -0.2) is 10.1 Å². The normalized spacial score (nSPS) is 10.6. The largest absolute Gasteiger partial charge is 0.469 e. The topological polar surface area (TPSA) is 52.1 Å². The minimum Gasteiger partial charge on any atom is -0.469 e. The van der Waals surface area contributed by atoms with Gasteiger partial charge in [0, 0.05) is 29.0 Å². The zero-order chi connectivity index (χ0) is 9.26. The molecule has 0 atom stereocenters. The van der Waals surface area contributed by atoms with Gasteiger partial charge in [-0.3, -0.25) is 0 Å². The van der Waals surface area contributed by atoms with Crippen molar-refractivity contribution in [3.05, 3.63) is 21.9 Å². The Morgan fingerprint density at radius 2 is 2.38 bits per heavy atom. The standard InChI is InChI=1S/C8H7IN2O2/c1-2-6-5(3-4-12-6)7-10-8(9)11-13-7/h3-4H,2H2,1H3. The van der Waals surface area contributed by atoms with Crippen molar-refractivity contribution in [1.29, 1.82) is 0 Å². The molecule has 0 aliphatic heterocycles. The molecule has 0 aromatic carbocycles. The van der Waals surface area contributed by atoms with Crippen molar-refractivity contribution in [2.45, 2.75) is 13.3 Å². The van der Waals surface area contributed by atoms with Crippen molar-refractivity contribution in [3.8, 4) is 11.5 Å². The number of halogens is 1. The number of rotatable bonds is 2. The van der Waals surface area contributed by atoms with Gasteiger partial charge in [-0.25, -0.2) is 0 Å². The molecule has 0 unspecified atom stereocenters. The summed E-state index contributed by atoms with van der Waals surface area (Å²) in [4.78, 5) is 4.11. The molecule has 0 spiro atoms. The highest BCUT2D eigenvalue weighted by Crippen LogP contribution is 2.23. The zero-order valence-electron chi connectivity index (χ0n) is 6.95. The molecular weight excluding hydrogens is 283 g/mol. The van der Waals surface area contributed by atoms with Gasteiger partial charge in [-0.1, -0.05) is 12.1 Å². The van der Waals surface area contributed by atoms with Crippen LogP contribution in [0.25, 0.3) is 11.5 Å². The Morgan fingerprint density at radius 1 is 1.54 bits per heavy atom. The molecule has 5 heteroatoms. The quantitative estimate of drug-likeness (QED) is 0.797. The van der Waals surface area contributed by atoms with Crippen LogP contribution in [-0.2, 0) is 6.42 Å². The summed E-state index contributed by atoms with van der Waals surface area (Å²) in [6, 6.07) is 1.84. The number of hydrogen-bond acceptors (Lipinski definition) is 4. The number of furan rings is 1. The van der Waals surface area contributed by atoms with Crippen LogP contribution >= 0.6 is 22.6 Å². The molecular formula is C8H7IN2O2. The second-order valence-corrected chi connectivity index (χ2v) is 3.44. The molecule has 0 aliphatic carbocycles. The molecule has 2 aromatic rings. The molecule has 68 valence electrons. The van der Waals surface area contributed by atoms with Crippen molar-refractivity contribution in [2.75, 3.05) is 0 Å². The van der Waals surface area contributed by atoms with Crippen molar-refractivity contribution in [1.82, 2.24) is 10.1 Å². The van der Waals surface area contributed by atoms with Crippen LogP contribution < -0.4 is 0 Å². The lowest BCUT2D eigenvalue weighted by Gasteiger charge is -1.91. The first-order valence-electron chi connectivity index (χ1n) is 3.87. The second-order valence-electron chi connectivity index (χ2n) is 2.48. The third kappa shape index (κ3) is 1.60. The minimum absolute atomic E-state index is 0.523. The van der Waals surface area contributed by atoms with E-state index in [1.54, 1.807) is 6.26 Å². The first-order chi connectivity index (χ1) is 6.31. The molecule has 0 bridgehead atoms. The first kappa shape index (κ1) is 8.74. The van der Waals surface area contributed by atoms with Crippen molar-refractivity contribution >= 4 is 22.6 Å². The maximum atomic E-state index is 5.25. The Morgan fingerprint density at radius 3 is 3.00 bits per heavy atom. The lowest BCUT2D eigenvalue weighted by molar-refractivity contribution is 0.424. The first-order valence-corrected chi connectivity index (χ1v) is 4.95. The molecule has 0 N–H and O–H groups in total. The number of hydrogen-bond donors (Lipinski definition) is 0. The molecule has 0 radical (unpaired) electrons. The molecule has 0 fully saturated rings. The van der Waals surface area contributed by atoms with Gasteiger partial charge >= 0.3 is 0 Å². The number of aromatic nitrogens is 2. The predicted octanol–water partition coefficient (Wildman–Crippen LogP) is 2.50. The van der Waals surface area contributed by atoms with E-state index in [0.29, 0.717) is 9.72 Å². The van der Waals surface area contributed by atoms with Crippen LogP contribution in [0.1, 0.15) is 12.7 Å². The highest BCUT2D eigenvalue weighted by Gasteiger charge is 2.13. The maximum absolute atomic E-state index is 5.25. The number of aryl methyl sites for hydroxylation is 1. The highest BCUT2D eigenvalue weighted by molar-refractivity contribution is 14.1. The van der Waals surface area contributed by atoms with Crippen LogP contribution in [0, 0.1) is 3.83 Å². The van der Waals surface area contributed by atoms with Gasteiger partial charge in [-0.05, 0) is 6.07 Å². The van der Waals surface area contributed by atoms with E-state index in [0.717, 1.165) is 17.7 Å². The van der Waals surface area contributed by atoms with Gasteiger partial charge < -0.3 is 8.94 Å². The molecule has 0 amide bonds. The smallest absolute Gasteiger partial charge is 0.262 e. The molecule has 2 heterocycles. The SMILES string of the molecule is CCc1occc1-c1nc(I)no1. The van der Waals surface area contributed by atoms with Crippen molar-refractivity contribution < 1.29 is 8.94 Å². The Kier molecular flexibility index (Phi) is 2.34. The predicted molar refractivity (Wildman–Crippen MR) is 54.1 cm³/mol. The summed E-state index contributed by atoms with van der Waals surface area (Å²) >= 11 is 2.00. The zero-order valence-corrected chi connectivity index (χ0v) is 9.11. The van der Waals surface area contributed by atoms with Crippen molar-refractivity contribution in [2.24, 2.45) is 0 Å². The molecule has 2 rings (SSSR count). The molecule has 0 saturated heterocycles. The monoisotopic (exact) mass is 290 g/mol. The van der Waals surface area contributed by atoms with Crippen LogP contribution in [0.2, 0.25) is 0 Å². The Hall–Kier alpha value is -0.850. The van der Waals surface area contributed by atoms with E-state index in [4.69, 9.17) is 8.94 Å². The minimum atomic E-state index is 0.523. The maximum Gasteiger partial charge on any atom is 0.262 e. The van der Waals surface area contributed by atoms with Gasteiger partial charge in [0.1, 0.15) is 5.76 Å². The van der Waals surface area contributed by atoms with E-state index in [1.807, 2.05) is 35.6 Å². The molecule has 13 heavy (non-hydrogen) atoms. The Labute approximate surface area is 88.5 Å². The van der Waals surface area contributed by atoms with E-state index >= 15 is 0 Å². The van der Waals surface area contributed by atoms with E-state index in [2.05, 4.69) is 10.1 Å². The average Bonchev–Trinajstić information content (AvgIpc) is 2.71. The summed E-state index contributed by atoms with van der Waals surface area (Å²) in [5.41, 5.74) is 0.887. The molecule has 2 aromatic heterocycles. The summed E-state index contributed by atoms with van der Waals surface area (Å²) in [5, 5.41) is 3.71. The fourth-order valence-electron chi connectivity index (χ4n) is 1.12. The summed E-state index contributed by atoms with van der Waals surface area (Å²) < 4.78 is 10.9. The van der Waals surface area contributed by atoms with Gasteiger partial charge in [0.25, 0.3) is 5.89 Å². The van der Waals surface area contributed by atoms with E-state index in [-0.39, 0.29) is 0 Å². The van der Waals surface area contributed by atoms with Gasteiger partial charge in [0.15, 0.2) is 0 Å². The lowest BCUT2D eigenvalue weighted by Crippen LogP contribution is -1.81. The fourth-order valence-corrected chi connectivity index (χ4v) is 1.44. The second kappa shape index (κ2) is 3.49. The molecule has 0 saturated carbocycles. The van der Waals surface area contributed by atoms with E-state index in [1.165, 1.54) is 0 Å². The molecule has 0 aliphatic rings.